The zero-order valence-electron chi connectivity index (χ0n) is 19.2. The van der Waals surface area contributed by atoms with E-state index >= 15 is 0 Å². The Hall–Kier alpha value is -2.87. The summed E-state index contributed by atoms with van der Waals surface area (Å²) < 4.78 is 64.8. The number of thiazole rings is 1. The molecule has 5 aromatic rings. The van der Waals surface area contributed by atoms with Gasteiger partial charge in [0.05, 0.1) is 15.0 Å². The number of nitrogens with zero attached hydrogens (tertiary/aromatic N) is 1. The maximum atomic E-state index is 11.9. The van der Waals surface area contributed by atoms with Gasteiger partial charge in [-0.2, -0.15) is 0 Å². The van der Waals surface area contributed by atoms with Crippen molar-refractivity contribution in [3.05, 3.63) is 82.7 Å². The van der Waals surface area contributed by atoms with Crippen LogP contribution in [0.1, 0.15) is 5.56 Å². The van der Waals surface area contributed by atoms with Crippen LogP contribution in [0.15, 0.2) is 81.0 Å². The highest BCUT2D eigenvalue weighted by Gasteiger charge is 2.16. The molecule has 0 aliphatic heterocycles. The van der Waals surface area contributed by atoms with Crippen LogP contribution in [0.3, 0.4) is 0 Å². The first-order chi connectivity index (χ1) is 17.3. The van der Waals surface area contributed by atoms with Crippen LogP contribution in [0, 0.1) is 17.2 Å². The van der Waals surface area contributed by atoms with E-state index in [0.29, 0.717) is 15.9 Å². The molecule has 5 rings (SSSR count). The Morgan fingerprint density at radius 1 is 0.973 bits per heavy atom. The lowest BCUT2D eigenvalue weighted by molar-refractivity contribution is -2.00. The van der Waals surface area contributed by atoms with Gasteiger partial charge in [0.2, 0.25) is 0 Å². The third-order valence-electron chi connectivity index (χ3n) is 5.08. The summed E-state index contributed by atoms with van der Waals surface area (Å²) in [6.07, 6.45) is 1.21. The molecule has 9 nitrogen and oxygen atoms in total. The Balaban J connectivity index is 0.000000586. The van der Waals surface area contributed by atoms with Crippen molar-refractivity contribution in [2.24, 2.45) is 4.99 Å². The molecule has 0 spiro atoms. The van der Waals surface area contributed by atoms with Crippen molar-refractivity contribution in [2.75, 3.05) is 6.26 Å². The van der Waals surface area contributed by atoms with E-state index in [1.165, 1.54) is 17.6 Å². The van der Waals surface area contributed by atoms with Crippen molar-refractivity contribution < 1.29 is 46.7 Å². The first-order valence-corrected chi connectivity index (χ1v) is 14.7. The molecule has 3 aromatic carbocycles. The van der Waals surface area contributed by atoms with Gasteiger partial charge in [-0.15, -0.1) is 10.2 Å². The van der Waals surface area contributed by atoms with Gasteiger partial charge in [-0.05, 0) is 77.9 Å². The molecule has 0 unspecified atom stereocenters. The van der Waals surface area contributed by atoms with Crippen LogP contribution in [-0.4, -0.2) is 14.7 Å². The maximum Gasteiger partial charge on any atom is 0.381 e. The summed E-state index contributed by atoms with van der Waals surface area (Å²) in [5.74, 6) is 0.678. The van der Waals surface area contributed by atoms with Crippen molar-refractivity contribution in [2.45, 2.75) is 11.8 Å². The molecule has 0 radical (unpaired) electrons. The highest BCUT2D eigenvalue weighted by molar-refractivity contribution is 7.90. The average molecular weight is 581 g/mol. The molecule has 0 atom stereocenters. The molecular weight excluding hydrogens is 563 g/mol. The number of H-pyrrole nitrogens is 1. The number of rotatable bonds is 3. The second-order valence-electron chi connectivity index (χ2n) is 7.95. The number of aromatic nitrogens is 1. The number of benzene rings is 3. The van der Waals surface area contributed by atoms with Gasteiger partial charge in [0.15, 0.2) is 15.2 Å². The molecule has 0 bridgehead atoms. The molecule has 13 heteroatoms. The van der Waals surface area contributed by atoms with Crippen LogP contribution < -0.4 is 29.0 Å². The monoisotopic (exact) mass is 580 g/mol. The largest absolute Gasteiger partial charge is 0.456 e. The first-order valence-electron chi connectivity index (χ1n) is 10.4. The SMILES string of the molecule is Cc1ccc2oc(-c3ccc(Cl)cc3)c/c(=N\c3[nH+]c4ccc(S(C)(=O)=O)cc4s3)c2c1.[O-][Cl+3]([O-])([O-])[O-]. The Kier molecular flexibility index (Phi) is 7.70. The van der Waals surface area contributed by atoms with Crippen LogP contribution in [0.25, 0.3) is 32.5 Å². The van der Waals surface area contributed by atoms with Gasteiger partial charge < -0.3 is 4.42 Å². The minimum absolute atomic E-state index is 0.288. The first kappa shape index (κ1) is 27.2. The Bertz CT molecular complexity index is 1770. The third-order valence-corrected chi connectivity index (χ3v) is 7.39. The van der Waals surface area contributed by atoms with Crippen molar-refractivity contribution in [3.8, 4) is 11.3 Å². The highest BCUT2D eigenvalue weighted by atomic mass is 35.7. The van der Waals surface area contributed by atoms with Crippen LogP contribution in [0.4, 0.5) is 5.13 Å². The molecule has 0 aliphatic rings. The van der Waals surface area contributed by atoms with E-state index < -0.39 is 20.1 Å². The van der Waals surface area contributed by atoms with Gasteiger partial charge in [0.1, 0.15) is 16.9 Å². The average Bonchev–Trinajstić information content (AvgIpc) is 3.19. The van der Waals surface area contributed by atoms with Crippen LogP contribution >= 0.6 is 22.9 Å². The number of fused-ring (bicyclic) bond motifs is 2. The van der Waals surface area contributed by atoms with E-state index in [0.717, 1.165) is 37.7 Å². The second kappa shape index (κ2) is 10.5. The van der Waals surface area contributed by atoms with E-state index in [9.17, 15) is 8.42 Å². The predicted molar refractivity (Wildman–Crippen MR) is 128 cm³/mol. The summed E-state index contributed by atoms with van der Waals surface area (Å²) in [7, 11) is -8.22. The highest BCUT2D eigenvalue weighted by Crippen LogP contribution is 2.28. The summed E-state index contributed by atoms with van der Waals surface area (Å²) in [5.41, 5.74) is 3.55. The molecular formula is C24H18Cl2N2O7S2. The fraction of sp³-hybridized carbons (Fsp3) is 0.0833. The van der Waals surface area contributed by atoms with Crippen molar-refractivity contribution >= 4 is 59.1 Å². The zero-order valence-corrected chi connectivity index (χ0v) is 22.4. The summed E-state index contributed by atoms with van der Waals surface area (Å²) >= 11 is 7.44. The summed E-state index contributed by atoms with van der Waals surface area (Å²) in [6, 6.07) is 20.4. The predicted octanol–water partition coefficient (Wildman–Crippen LogP) is 0.970. The fourth-order valence-electron chi connectivity index (χ4n) is 3.46. The number of aryl methyl sites for hydroxylation is 1. The standard InChI is InChI=1S/C24H17ClN2O3S2.ClHO4/c1-14-3-10-21-18(11-14)20(13-22(30-21)15-4-6-16(25)7-5-15)27-24-26-19-9-8-17(32(2,28)29)12-23(19)31-24;2-1(3,4)5/h3-13H,1-2H3;(H,2,3,4,5)/b27-20+;. The molecule has 1 N–H and O–H groups in total. The van der Waals surface area contributed by atoms with E-state index in [2.05, 4.69) is 4.98 Å². The summed E-state index contributed by atoms with van der Waals surface area (Å²) in [5, 5.41) is 2.97. The number of sulfone groups is 1. The van der Waals surface area contributed by atoms with Gasteiger partial charge in [-0.3, -0.25) is 0 Å². The molecule has 2 aromatic heterocycles. The number of aromatic amines is 1. The number of nitrogens with one attached hydrogen (secondary N) is 1. The molecule has 0 saturated heterocycles. The topological polar surface area (TPSA) is 166 Å². The van der Waals surface area contributed by atoms with Crippen molar-refractivity contribution in [3.63, 3.8) is 0 Å². The van der Waals surface area contributed by atoms with Gasteiger partial charge in [0.25, 0.3) is 0 Å². The third kappa shape index (κ3) is 7.12. The van der Waals surface area contributed by atoms with Gasteiger partial charge in [0, 0.05) is 22.9 Å². The van der Waals surface area contributed by atoms with E-state index in [1.54, 1.807) is 18.2 Å². The Morgan fingerprint density at radius 2 is 1.65 bits per heavy atom. The van der Waals surface area contributed by atoms with E-state index in [1.807, 2.05) is 55.5 Å². The molecule has 37 heavy (non-hydrogen) atoms. The van der Waals surface area contributed by atoms with Crippen LogP contribution in [0.2, 0.25) is 5.02 Å². The lowest BCUT2D eigenvalue weighted by Gasteiger charge is -2.17. The van der Waals surface area contributed by atoms with Crippen LogP contribution in [0.5, 0.6) is 0 Å². The zero-order chi connectivity index (χ0) is 27.0. The normalized spacial score (nSPS) is 12.6. The number of halogens is 2. The fourth-order valence-corrected chi connectivity index (χ4v) is 5.23. The van der Waals surface area contributed by atoms with Gasteiger partial charge in [-0.25, -0.2) is 32.0 Å². The van der Waals surface area contributed by atoms with E-state index in [-0.39, 0.29) is 4.90 Å². The molecule has 0 amide bonds. The van der Waals surface area contributed by atoms with Crippen molar-refractivity contribution in [1.29, 1.82) is 0 Å². The van der Waals surface area contributed by atoms with E-state index in [4.69, 9.17) is 39.6 Å². The smallest absolute Gasteiger partial charge is 0.381 e. The second-order valence-corrected chi connectivity index (χ2v) is 12.2. The maximum absolute atomic E-state index is 11.9. The number of hydrogen-bond acceptors (Lipinski definition) is 9. The minimum Gasteiger partial charge on any atom is -0.456 e. The van der Waals surface area contributed by atoms with Gasteiger partial charge >= 0.3 is 5.13 Å². The number of hydrogen-bond donors (Lipinski definition) is 0. The molecule has 0 aliphatic carbocycles. The molecule has 0 saturated carbocycles. The van der Waals surface area contributed by atoms with Crippen molar-refractivity contribution in [1.82, 2.24) is 0 Å². The van der Waals surface area contributed by atoms with Crippen LogP contribution in [-0.2, 0) is 9.84 Å². The molecule has 192 valence electrons. The summed E-state index contributed by atoms with van der Waals surface area (Å²) in [4.78, 5) is 8.44. The minimum atomic E-state index is -4.94. The molecule has 2 heterocycles. The quantitative estimate of drug-likeness (QED) is 0.306. The van der Waals surface area contributed by atoms with Gasteiger partial charge in [-0.1, -0.05) is 23.2 Å². The summed E-state index contributed by atoms with van der Waals surface area (Å²) in [6.45, 7) is 2.02. The Morgan fingerprint density at radius 3 is 2.30 bits per heavy atom. The molecule has 0 fully saturated rings. The lowest BCUT2D eigenvalue weighted by Crippen LogP contribution is -2.68. The lowest BCUT2D eigenvalue weighted by atomic mass is 10.1. The Labute approximate surface area is 222 Å².